The van der Waals surface area contributed by atoms with Gasteiger partial charge >= 0.3 is 6.01 Å². The number of para-hydroxylation sites is 1. The van der Waals surface area contributed by atoms with Crippen LogP contribution < -0.4 is 5.32 Å². The number of benzene rings is 2. The van der Waals surface area contributed by atoms with E-state index in [0.717, 1.165) is 32.0 Å². The van der Waals surface area contributed by atoms with Crippen LogP contribution in [0.1, 0.15) is 5.56 Å². The minimum atomic E-state index is 0.449. The molecule has 0 spiro atoms. The van der Waals surface area contributed by atoms with Crippen LogP contribution in [-0.4, -0.2) is 9.97 Å². The lowest BCUT2D eigenvalue weighted by atomic mass is 10.2. The number of nitrogens with zero attached hydrogens (tertiary/aromatic N) is 2. The van der Waals surface area contributed by atoms with E-state index >= 15 is 0 Å². The molecule has 4 rings (SSSR count). The summed E-state index contributed by atoms with van der Waals surface area (Å²) in [5.41, 5.74) is 3.59. The minimum absolute atomic E-state index is 0.449. The van der Waals surface area contributed by atoms with Crippen LogP contribution in [0.2, 0.25) is 5.02 Å². The van der Waals surface area contributed by atoms with Crippen molar-refractivity contribution in [2.24, 2.45) is 0 Å². The zero-order chi connectivity index (χ0) is 14.4. The molecule has 0 aliphatic heterocycles. The summed E-state index contributed by atoms with van der Waals surface area (Å²) in [6, 6.07) is 12.0. The second-order valence-corrected chi connectivity index (χ2v) is 6.17. The van der Waals surface area contributed by atoms with Crippen molar-refractivity contribution >= 4 is 55.4 Å². The maximum Gasteiger partial charge on any atom is 0.302 e. The van der Waals surface area contributed by atoms with E-state index < -0.39 is 0 Å². The van der Waals surface area contributed by atoms with Crippen molar-refractivity contribution in [1.82, 2.24) is 9.97 Å². The van der Waals surface area contributed by atoms with Crippen molar-refractivity contribution in [1.29, 1.82) is 0 Å². The maximum atomic E-state index is 5.99. The highest BCUT2D eigenvalue weighted by Crippen LogP contribution is 2.31. The Balaban J connectivity index is 1.73. The van der Waals surface area contributed by atoms with E-state index in [-0.39, 0.29) is 0 Å². The van der Waals surface area contributed by atoms with E-state index in [4.69, 9.17) is 16.0 Å². The molecule has 0 unspecified atom stereocenters. The molecule has 2 heterocycles. The largest absolute Gasteiger partial charge is 0.423 e. The molecule has 104 valence electrons. The van der Waals surface area contributed by atoms with Gasteiger partial charge in [-0.05, 0) is 36.8 Å². The first-order valence-corrected chi connectivity index (χ1v) is 7.58. The Hall–Kier alpha value is -2.11. The predicted molar refractivity (Wildman–Crippen MR) is 86.7 cm³/mol. The summed E-state index contributed by atoms with van der Waals surface area (Å²) >= 11 is 7.50. The molecule has 4 aromatic rings. The summed E-state index contributed by atoms with van der Waals surface area (Å²) in [6.45, 7) is 2.00. The minimum Gasteiger partial charge on any atom is -0.423 e. The van der Waals surface area contributed by atoms with Crippen LogP contribution >= 0.6 is 22.9 Å². The fraction of sp³-hybridized carbons (Fsp3) is 0.0667. The fourth-order valence-corrected chi connectivity index (χ4v) is 3.32. The quantitative estimate of drug-likeness (QED) is 0.556. The van der Waals surface area contributed by atoms with Crippen LogP contribution in [0.4, 0.5) is 11.1 Å². The van der Waals surface area contributed by atoms with Crippen molar-refractivity contribution < 1.29 is 4.42 Å². The summed E-state index contributed by atoms with van der Waals surface area (Å²) in [7, 11) is 0. The van der Waals surface area contributed by atoms with E-state index in [1.54, 1.807) is 0 Å². The molecule has 0 aliphatic rings. The molecule has 0 saturated heterocycles. The molecule has 0 aliphatic carbocycles. The van der Waals surface area contributed by atoms with Gasteiger partial charge in [0.15, 0.2) is 10.7 Å². The van der Waals surface area contributed by atoms with Crippen molar-refractivity contribution in [3.63, 3.8) is 0 Å². The molecule has 21 heavy (non-hydrogen) atoms. The monoisotopic (exact) mass is 315 g/mol. The number of halogens is 1. The maximum absolute atomic E-state index is 5.99. The average Bonchev–Trinajstić information content (AvgIpc) is 3.02. The fourth-order valence-electron chi connectivity index (χ4n) is 2.18. The number of aromatic nitrogens is 2. The number of thiazole rings is 1. The molecule has 0 bridgehead atoms. The molecule has 4 nitrogen and oxygen atoms in total. The summed E-state index contributed by atoms with van der Waals surface area (Å²) in [5.74, 6) is 0. The molecule has 0 atom stereocenters. The molecule has 0 fully saturated rings. The van der Waals surface area contributed by atoms with Crippen LogP contribution in [-0.2, 0) is 0 Å². The van der Waals surface area contributed by atoms with Crippen LogP contribution in [0.15, 0.2) is 40.8 Å². The van der Waals surface area contributed by atoms with Crippen LogP contribution in [0, 0.1) is 6.92 Å². The molecule has 2 aromatic carbocycles. The lowest BCUT2D eigenvalue weighted by Crippen LogP contribution is -1.88. The standard InChI is InChI=1S/C15H10ClN3OS/c1-8-3-2-4-11-13(8)20-14(17-11)19-15-18-10-6-5-9(16)7-12(10)21-15/h2-7H,1H3,(H,17,18,19). The third-order valence-corrected chi connectivity index (χ3v) is 4.34. The van der Waals surface area contributed by atoms with Gasteiger partial charge in [-0.3, -0.25) is 5.32 Å². The summed E-state index contributed by atoms with van der Waals surface area (Å²) in [5, 5.41) is 4.55. The number of hydrogen-bond donors (Lipinski definition) is 1. The lowest BCUT2D eigenvalue weighted by molar-refractivity contribution is 0.620. The van der Waals surface area contributed by atoms with E-state index in [1.165, 1.54) is 11.3 Å². The highest BCUT2D eigenvalue weighted by atomic mass is 35.5. The number of rotatable bonds is 2. The number of aryl methyl sites for hydroxylation is 1. The molecule has 0 amide bonds. The highest BCUT2D eigenvalue weighted by molar-refractivity contribution is 7.22. The van der Waals surface area contributed by atoms with Gasteiger partial charge in [0.1, 0.15) is 5.52 Å². The van der Waals surface area contributed by atoms with Gasteiger partial charge in [0.2, 0.25) is 0 Å². The summed E-state index contributed by atoms with van der Waals surface area (Å²) in [4.78, 5) is 8.91. The first-order chi connectivity index (χ1) is 10.2. The second-order valence-electron chi connectivity index (χ2n) is 4.70. The van der Waals surface area contributed by atoms with Crippen LogP contribution in [0.25, 0.3) is 21.3 Å². The van der Waals surface area contributed by atoms with E-state index in [0.29, 0.717) is 11.0 Å². The molecule has 6 heteroatoms. The van der Waals surface area contributed by atoms with Crippen molar-refractivity contribution in [2.75, 3.05) is 5.32 Å². The Kier molecular flexibility index (Phi) is 2.83. The number of oxazole rings is 1. The van der Waals surface area contributed by atoms with Gasteiger partial charge in [-0.2, -0.15) is 4.98 Å². The SMILES string of the molecule is Cc1cccc2nc(Nc3nc4ccc(Cl)cc4s3)oc12. The van der Waals surface area contributed by atoms with Gasteiger partial charge in [0, 0.05) is 5.02 Å². The third-order valence-electron chi connectivity index (χ3n) is 3.18. The number of fused-ring (bicyclic) bond motifs is 2. The van der Waals surface area contributed by atoms with Gasteiger partial charge in [-0.15, -0.1) is 0 Å². The molecule has 1 N–H and O–H groups in total. The van der Waals surface area contributed by atoms with Gasteiger partial charge in [0.25, 0.3) is 0 Å². The first kappa shape index (κ1) is 12.6. The average molecular weight is 316 g/mol. The Morgan fingerprint density at radius 3 is 2.90 bits per heavy atom. The van der Waals surface area contributed by atoms with Crippen molar-refractivity contribution in [2.45, 2.75) is 6.92 Å². The zero-order valence-electron chi connectivity index (χ0n) is 11.1. The Labute approximate surface area is 129 Å². The second kappa shape index (κ2) is 4.72. The third kappa shape index (κ3) is 2.24. The molecule has 0 radical (unpaired) electrons. The summed E-state index contributed by atoms with van der Waals surface area (Å²) < 4.78 is 6.77. The van der Waals surface area contributed by atoms with E-state index in [9.17, 15) is 0 Å². The van der Waals surface area contributed by atoms with Gasteiger partial charge in [-0.25, -0.2) is 4.98 Å². The highest BCUT2D eigenvalue weighted by Gasteiger charge is 2.10. The predicted octanol–water partition coefficient (Wildman–Crippen LogP) is 5.14. The van der Waals surface area contributed by atoms with Crippen molar-refractivity contribution in [3.8, 4) is 0 Å². The smallest absolute Gasteiger partial charge is 0.302 e. The Bertz CT molecular complexity index is 960. The number of nitrogens with one attached hydrogen (secondary N) is 1. The van der Waals surface area contributed by atoms with Gasteiger partial charge < -0.3 is 4.42 Å². The normalized spacial score (nSPS) is 11.3. The molecular formula is C15H10ClN3OS. The number of hydrogen-bond acceptors (Lipinski definition) is 5. The topological polar surface area (TPSA) is 51.0 Å². The Morgan fingerprint density at radius 1 is 1.14 bits per heavy atom. The lowest BCUT2D eigenvalue weighted by Gasteiger charge is -1.93. The van der Waals surface area contributed by atoms with Crippen LogP contribution in [0.5, 0.6) is 0 Å². The van der Waals surface area contributed by atoms with Crippen molar-refractivity contribution in [3.05, 3.63) is 47.0 Å². The molecular weight excluding hydrogens is 306 g/mol. The summed E-state index contributed by atoms with van der Waals surface area (Å²) in [6.07, 6.45) is 0. The first-order valence-electron chi connectivity index (χ1n) is 6.38. The van der Waals surface area contributed by atoms with Crippen LogP contribution in [0.3, 0.4) is 0 Å². The Morgan fingerprint density at radius 2 is 2.05 bits per heavy atom. The van der Waals surface area contributed by atoms with Gasteiger partial charge in [0.05, 0.1) is 10.2 Å². The van der Waals surface area contributed by atoms with Gasteiger partial charge in [-0.1, -0.05) is 35.1 Å². The van der Waals surface area contributed by atoms with E-state index in [2.05, 4.69) is 15.3 Å². The van der Waals surface area contributed by atoms with E-state index in [1.807, 2.05) is 43.3 Å². The molecule has 2 aromatic heterocycles. The number of anilines is 2. The molecule has 0 saturated carbocycles. The zero-order valence-corrected chi connectivity index (χ0v) is 12.6.